The van der Waals surface area contributed by atoms with Gasteiger partial charge in [0.25, 0.3) is 0 Å². The molecule has 0 amide bonds. The Bertz CT molecular complexity index is 416. The minimum Gasteiger partial charge on any atom is -0.506 e. The van der Waals surface area contributed by atoms with Crippen LogP contribution in [0.25, 0.3) is 0 Å². The Morgan fingerprint density at radius 3 is 2.44 bits per heavy atom. The predicted molar refractivity (Wildman–Crippen MR) is 80.9 cm³/mol. The van der Waals surface area contributed by atoms with Gasteiger partial charge in [-0.15, -0.1) is 0 Å². The van der Waals surface area contributed by atoms with Crippen LogP contribution in [0.5, 0.6) is 5.75 Å². The molecule has 0 spiro atoms. The van der Waals surface area contributed by atoms with Crippen molar-refractivity contribution in [3.8, 4) is 5.75 Å². The lowest BCUT2D eigenvalue weighted by Crippen LogP contribution is -2.49. The van der Waals surface area contributed by atoms with Gasteiger partial charge in [0.15, 0.2) is 0 Å². The summed E-state index contributed by atoms with van der Waals surface area (Å²) in [4.78, 5) is 4.84. The standard InChI is InChI=1S/C13H18Br2N2O/c1-9-7-17(4-3-16(9)2)8-10-5-11(14)13(18)12(15)6-10/h5-6,9,18H,3-4,7-8H2,1-2H3. The highest BCUT2D eigenvalue weighted by Gasteiger charge is 2.20. The van der Waals surface area contributed by atoms with Crippen molar-refractivity contribution in [3.63, 3.8) is 0 Å². The number of hydrogen-bond donors (Lipinski definition) is 1. The fourth-order valence-electron chi connectivity index (χ4n) is 2.23. The minimum absolute atomic E-state index is 0.269. The van der Waals surface area contributed by atoms with Crippen LogP contribution in [0, 0.1) is 0 Å². The molecule has 0 saturated carbocycles. The fourth-order valence-corrected chi connectivity index (χ4v) is 3.52. The van der Waals surface area contributed by atoms with Crippen LogP contribution in [0.2, 0.25) is 0 Å². The third-order valence-electron chi connectivity index (χ3n) is 3.53. The molecule has 1 aromatic carbocycles. The largest absolute Gasteiger partial charge is 0.506 e. The van der Waals surface area contributed by atoms with Crippen LogP contribution >= 0.6 is 31.9 Å². The zero-order valence-corrected chi connectivity index (χ0v) is 13.8. The molecule has 0 radical (unpaired) electrons. The van der Waals surface area contributed by atoms with Gasteiger partial charge in [0, 0.05) is 32.2 Å². The van der Waals surface area contributed by atoms with Crippen LogP contribution in [0.15, 0.2) is 21.1 Å². The van der Waals surface area contributed by atoms with Gasteiger partial charge < -0.3 is 10.0 Å². The van der Waals surface area contributed by atoms with E-state index in [-0.39, 0.29) is 5.75 Å². The van der Waals surface area contributed by atoms with E-state index in [9.17, 15) is 5.11 Å². The van der Waals surface area contributed by atoms with Gasteiger partial charge in [-0.25, -0.2) is 0 Å². The number of phenolic OH excluding ortho intramolecular Hbond substituents is 1. The maximum Gasteiger partial charge on any atom is 0.143 e. The molecule has 2 rings (SSSR count). The fraction of sp³-hybridized carbons (Fsp3) is 0.538. The van der Waals surface area contributed by atoms with Crippen LogP contribution in [-0.2, 0) is 6.54 Å². The first kappa shape index (κ1) is 14.3. The van der Waals surface area contributed by atoms with Gasteiger partial charge in [0.1, 0.15) is 5.75 Å². The molecule has 5 heteroatoms. The highest BCUT2D eigenvalue weighted by atomic mass is 79.9. The summed E-state index contributed by atoms with van der Waals surface area (Å²) in [5.74, 6) is 0.269. The zero-order chi connectivity index (χ0) is 13.3. The summed E-state index contributed by atoms with van der Waals surface area (Å²) in [5, 5.41) is 9.70. The van der Waals surface area contributed by atoms with Gasteiger partial charge in [-0.05, 0) is 63.5 Å². The van der Waals surface area contributed by atoms with Gasteiger partial charge in [-0.2, -0.15) is 0 Å². The van der Waals surface area contributed by atoms with Crippen LogP contribution in [0.4, 0.5) is 0 Å². The Hall–Kier alpha value is -0.100. The minimum atomic E-state index is 0.269. The van der Waals surface area contributed by atoms with Crippen LogP contribution in [-0.4, -0.2) is 47.6 Å². The second kappa shape index (κ2) is 5.90. The molecule has 1 N–H and O–H groups in total. The van der Waals surface area contributed by atoms with E-state index < -0.39 is 0 Å². The first-order valence-corrected chi connectivity index (χ1v) is 7.65. The van der Waals surface area contributed by atoms with E-state index in [2.05, 4.69) is 55.6 Å². The molecule has 0 bridgehead atoms. The van der Waals surface area contributed by atoms with Crippen molar-refractivity contribution in [1.82, 2.24) is 9.80 Å². The normalized spacial score (nSPS) is 22.3. The lowest BCUT2D eigenvalue weighted by Gasteiger charge is -2.37. The molecule has 1 heterocycles. The molecular weight excluding hydrogens is 360 g/mol. The molecule has 100 valence electrons. The van der Waals surface area contributed by atoms with E-state index in [0.29, 0.717) is 6.04 Å². The molecule has 1 aliphatic heterocycles. The second-order valence-corrected chi connectivity index (χ2v) is 6.68. The average Bonchev–Trinajstić information content (AvgIpc) is 2.31. The number of phenols is 1. The van der Waals surface area contributed by atoms with E-state index >= 15 is 0 Å². The van der Waals surface area contributed by atoms with Crippen molar-refractivity contribution in [2.45, 2.75) is 19.5 Å². The number of likely N-dealkylation sites (N-methyl/N-ethyl adjacent to an activating group) is 1. The summed E-state index contributed by atoms with van der Waals surface area (Å²) in [5.41, 5.74) is 1.21. The molecule has 0 aromatic heterocycles. The second-order valence-electron chi connectivity index (χ2n) is 4.97. The molecule has 0 aliphatic carbocycles. The first-order valence-electron chi connectivity index (χ1n) is 6.07. The summed E-state index contributed by atoms with van der Waals surface area (Å²) in [6.07, 6.45) is 0. The Morgan fingerprint density at radius 2 is 1.89 bits per heavy atom. The maximum absolute atomic E-state index is 9.70. The summed E-state index contributed by atoms with van der Waals surface area (Å²) >= 11 is 6.75. The Morgan fingerprint density at radius 1 is 1.28 bits per heavy atom. The van der Waals surface area contributed by atoms with Gasteiger partial charge in [0.05, 0.1) is 8.95 Å². The SMILES string of the molecule is CC1CN(Cc2cc(Br)c(O)c(Br)c2)CCN1C. The average molecular weight is 378 g/mol. The number of piperazine rings is 1. The maximum atomic E-state index is 9.70. The van der Waals surface area contributed by atoms with E-state index in [1.807, 2.05) is 12.1 Å². The summed E-state index contributed by atoms with van der Waals surface area (Å²) in [6, 6.07) is 4.58. The molecule has 1 fully saturated rings. The Balaban J connectivity index is 2.06. The zero-order valence-electron chi connectivity index (χ0n) is 10.7. The van der Waals surface area contributed by atoms with Gasteiger partial charge in [-0.1, -0.05) is 0 Å². The van der Waals surface area contributed by atoms with Crippen molar-refractivity contribution >= 4 is 31.9 Å². The predicted octanol–water partition coefficient (Wildman–Crippen LogP) is 3.05. The van der Waals surface area contributed by atoms with Crippen molar-refractivity contribution in [2.24, 2.45) is 0 Å². The number of hydrogen-bond acceptors (Lipinski definition) is 3. The monoisotopic (exact) mass is 376 g/mol. The molecule has 18 heavy (non-hydrogen) atoms. The topological polar surface area (TPSA) is 26.7 Å². The van der Waals surface area contributed by atoms with Crippen molar-refractivity contribution in [1.29, 1.82) is 0 Å². The van der Waals surface area contributed by atoms with Gasteiger partial charge in [0.2, 0.25) is 0 Å². The van der Waals surface area contributed by atoms with Crippen molar-refractivity contribution in [2.75, 3.05) is 26.7 Å². The molecule has 1 saturated heterocycles. The molecule has 1 aliphatic rings. The smallest absolute Gasteiger partial charge is 0.143 e. The number of benzene rings is 1. The molecule has 1 unspecified atom stereocenters. The number of aromatic hydroxyl groups is 1. The highest BCUT2D eigenvalue weighted by Crippen LogP contribution is 2.33. The summed E-state index contributed by atoms with van der Waals surface area (Å²) < 4.78 is 1.49. The summed E-state index contributed by atoms with van der Waals surface area (Å²) in [6.45, 7) is 6.48. The van der Waals surface area contributed by atoms with E-state index in [0.717, 1.165) is 35.1 Å². The van der Waals surface area contributed by atoms with Gasteiger partial charge in [-0.3, -0.25) is 4.90 Å². The molecular formula is C13H18Br2N2O. The lowest BCUT2D eigenvalue weighted by molar-refractivity contribution is 0.0999. The number of halogens is 2. The molecule has 3 nitrogen and oxygen atoms in total. The quantitative estimate of drug-likeness (QED) is 0.857. The highest BCUT2D eigenvalue weighted by molar-refractivity contribution is 9.11. The van der Waals surface area contributed by atoms with Crippen molar-refractivity contribution in [3.05, 3.63) is 26.6 Å². The third kappa shape index (κ3) is 3.26. The third-order valence-corrected chi connectivity index (χ3v) is 4.74. The van der Waals surface area contributed by atoms with Gasteiger partial charge >= 0.3 is 0 Å². The van der Waals surface area contributed by atoms with Crippen LogP contribution in [0.1, 0.15) is 12.5 Å². The number of rotatable bonds is 2. The molecule has 1 aromatic rings. The lowest BCUT2D eigenvalue weighted by atomic mass is 10.1. The Kier molecular flexibility index (Phi) is 4.69. The van der Waals surface area contributed by atoms with E-state index in [1.165, 1.54) is 5.56 Å². The van der Waals surface area contributed by atoms with Crippen LogP contribution < -0.4 is 0 Å². The van der Waals surface area contributed by atoms with Crippen molar-refractivity contribution < 1.29 is 5.11 Å². The number of nitrogens with zero attached hydrogens (tertiary/aromatic N) is 2. The Labute approximate surface area is 125 Å². The van der Waals surface area contributed by atoms with E-state index in [4.69, 9.17) is 0 Å². The van der Waals surface area contributed by atoms with E-state index in [1.54, 1.807) is 0 Å². The summed E-state index contributed by atoms with van der Waals surface area (Å²) in [7, 11) is 2.18. The molecule has 1 atom stereocenters. The first-order chi connectivity index (χ1) is 8.47. The van der Waals surface area contributed by atoms with Crippen LogP contribution in [0.3, 0.4) is 0 Å².